The molecule has 0 bridgehead atoms. The van der Waals surface area contributed by atoms with Crippen molar-refractivity contribution < 1.29 is 9.53 Å². The van der Waals surface area contributed by atoms with Crippen LogP contribution in [0.15, 0.2) is 12.1 Å². The van der Waals surface area contributed by atoms with Crippen LogP contribution in [0.1, 0.15) is 17.7 Å². The fraction of sp³-hybridized carbons (Fsp3) is 0.583. The van der Waals surface area contributed by atoms with Crippen LogP contribution < -0.4 is 10.6 Å². The van der Waals surface area contributed by atoms with Crippen LogP contribution in [0.2, 0.25) is 4.34 Å². The van der Waals surface area contributed by atoms with E-state index >= 15 is 0 Å². The Labute approximate surface area is 129 Å². The molecule has 1 atom stereocenters. The second-order valence-electron chi connectivity index (χ2n) is 3.90. The normalized spacial score (nSPS) is 11.7. The van der Waals surface area contributed by atoms with Crippen LogP contribution in [0.25, 0.3) is 0 Å². The molecule has 0 spiro atoms. The number of amides is 1. The summed E-state index contributed by atoms with van der Waals surface area (Å²) < 4.78 is 5.62. The van der Waals surface area contributed by atoms with Crippen molar-refractivity contribution in [2.75, 3.05) is 33.4 Å². The van der Waals surface area contributed by atoms with E-state index in [-0.39, 0.29) is 24.2 Å². The molecule has 1 rings (SSSR count). The van der Waals surface area contributed by atoms with Crippen LogP contribution in [0.5, 0.6) is 0 Å². The molecule has 1 amide bonds. The Morgan fingerprint density at radius 1 is 1.42 bits per heavy atom. The summed E-state index contributed by atoms with van der Waals surface area (Å²) in [6, 6.07) is 3.71. The predicted molar refractivity (Wildman–Crippen MR) is 82.7 cm³/mol. The highest BCUT2D eigenvalue weighted by Gasteiger charge is 2.16. The zero-order valence-electron chi connectivity index (χ0n) is 11.1. The monoisotopic (exact) mass is 326 g/mol. The zero-order chi connectivity index (χ0) is 13.4. The van der Waals surface area contributed by atoms with Gasteiger partial charge < -0.3 is 15.4 Å². The summed E-state index contributed by atoms with van der Waals surface area (Å²) in [4.78, 5) is 12.8. The Morgan fingerprint density at radius 2 is 2.16 bits per heavy atom. The highest BCUT2D eigenvalue weighted by atomic mass is 35.5. The van der Waals surface area contributed by atoms with Crippen molar-refractivity contribution in [3.8, 4) is 0 Å². The standard InChI is InChI=1S/C12H19ClN2O2S.ClH/c1-9(10-3-4-11(13)18-10)12(16)15-6-5-14-7-8-17-2;/h3-4,9,14H,5-8H2,1-2H3,(H,15,16);1H. The lowest BCUT2D eigenvalue weighted by atomic mass is 10.1. The maximum absolute atomic E-state index is 11.8. The first kappa shape index (κ1) is 18.7. The van der Waals surface area contributed by atoms with Gasteiger partial charge in [0, 0.05) is 31.6 Å². The third kappa shape index (κ3) is 7.13. The quantitative estimate of drug-likeness (QED) is 0.720. The van der Waals surface area contributed by atoms with Gasteiger partial charge >= 0.3 is 0 Å². The van der Waals surface area contributed by atoms with Crippen LogP contribution in [-0.4, -0.2) is 39.3 Å². The average Bonchev–Trinajstić information content (AvgIpc) is 2.79. The van der Waals surface area contributed by atoms with E-state index in [0.29, 0.717) is 17.5 Å². The number of hydrogen-bond donors (Lipinski definition) is 2. The van der Waals surface area contributed by atoms with E-state index in [1.807, 2.05) is 19.1 Å². The fourth-order valence-electron chi connectivity index (χ4n) is 1.42. The molecule has 0 aliphatic heterocycles. The van der Waals surface area contributed by atoms with Crippen LogP contribution in [0, 0.1) is 0 Å². The topological polar surface area (TPSA) is 50.4 Å². The number of carbonyl (C=O) groups is 1. The molecule has 0 saturated heterocycles. The van der Waals surface area contributed by atoms with Gasteiger partial charge in [-0.2, -0.15) is 0 Å². The van der Waals surface area contributed by atoms with E-state index in [9.17, 15) is 4.79 Å². The third-order valence-electron chi connectivity index (χ3n) is 2.50. The fourth-order valence-corrected chi connectivity index (χ4v) is 2.53. The second kappa shape index (κ2) is 10.5. The predicted octanol–water partition coefficient (Wildman–Crippen LogP) is 2.28. The molecule has 0 radical (unpaired) electrons. The maximum atomic E-state index is 11.8. The number of thiophene rings is 1. The number of hydrogen-bond acceptors (Lipinski definition) is 4. The van der Waals surface area contributed by atoms with Crippen molar-refractivity contribution in [2.24, 2.45) is 0 Å². The summed E-state index contributed by atoms with van der Waals surface area (Å²) in [5.41, 5.74) is 0. The maximum Gasteiger partial charge on any atom is 0.228 e. The van der Waals surface area contributed by atoms with Gasteiger partial charge in [0.25, 0.3) is 0 Å². The van der Waals surface area contributed by atoms with E-state index in [0.717, 1.165) is 18.0 Å². The smallest absolute Gasteiger partial charge is 0.228 e. The Hall–Kier alpha value is -0.330. The van der Waals surface area contributed by atoms with E-state index in [4.69, 9.17) is 16.3 Å². The van der Waals surface area contributed by atoms with E-state index in [1.54, 1.807) is 7.11 Å². The SMILES string of the molecule is COCCNCCNC(=O)C(C)c1ccc(Cl)s1.Cl. The van der Waals surface area contributed by atoms with Crippen molar-refractivity contribution in [3.63, 3.8) is 0 Å². The van der Waals surface area contributed by atoms with Crippen LogP contribution in [0.4, 0.5) is 0 Å². The van der Waals surface area contributed by atoms with Crippen molar-refractivity contribution in [1.82, 2.24) is 10.6 Å². The second-order valence-corrected chi connectivity index (χ2v) is 5.64. The first-order valence-electron chi connectivity index (χ1n) is 5.87. The molecule has 19 heavy (non-hydrogen) atoms. The molecular formula is C12H20Cl2N2O2S. The lowest BCUT2D eigenvalue weighted by molar-refractivity contribution is -0.122. The number of rotatable bonds is 8. The van der Waals surface area contributed by atoms with Gasteiger partial charge in [0.15, 0.2) is 0 Å². The van der Waals surface area contributed by atoms with Gasteiger partial charge in [-0.15, -0.1) is 23.7 Å². The summed E-state index contributed by atoms with van der Waals surface area (Å²) in [5.74, 6) is -0.122. The first-order chi connectivity index (χ1) is 8.65. The van der Waals surface area contributed by atoms with Gasteiger partial charge in [0.05, 0.1) is 16.9 Å². The van der Waals surface area contributed by atoms with Gasteiger partial charge in [-0.25, -0.2) is 0 Å². The van der Waals surface area contributed by atoms with Gasteiger partial charge in [0.2, 0.25) is 5.91 Å². The lowest BCUT2D eigenvalue weighted by Crippen LogP contribution is -2.35. The molecule has 1 heterocycles. The summed E-state index contributed by atoms with van der Waals surface area (Å²) in [7, 11) is 1.66. The van der Waals surface area contributed by atoms with Crippen LogP contribution in [-0.2, 0) is 9.53 Å². The van der Waals surface area contributed by atoms with Gasteiger partial charge in [-0.1, -0.05) is 11.6 Å². The number of carbonyl (C=O) groups excluding carboxylic acids is 1. The van der Waals surface area contributed by atoms with Crippen molar-refractivity contribution in [1.29, 1.82) is 0 Å². The van der Waals surface area contributed by atoms with Crippen molar-refractivity contribution >= 4 is 41.3 Å². The minimum Gasteiger partial charge on any atom is -0.383 e. The molecule has 0 fully saturated rings. The third-order valence-corrected chi connectivity index (χ3v) is 3.91. The summed E-state index contributed by atoms with van der Waals surface area (Å²) in [5, 5.41) is 6.05. The summed E-state index contributed by atoms with van der Waals surface area (Å²) in [6.07, 6.45) is 0. The molecule has 7 heteroatoms. The zero-order valence-corrected chi connectivity index (χ0v) is 13.5. The number of nitrogens with one attached hydrogen (secondary N) is 2. The molecular weight excluding hydrogens is 307 g/mol. The van der Waals surface area contributed by atoms with Crippen molar-refractivity contribution in [3.05, 3.63) is 21.3 Å². The minimum absolute atomic E-state index is 0. The number of methoxy groups -OCH3 is 1. The number of ether oxygens (including phenoxy) is 1. The summed E-state index contributed by atoms with van der Waals surface area (Å²) in [6.45, 7) is 4.72. The largest absolute Gasteiger partial charge is 0.383 e. The molecule has 0 saturated carbocycles. The molecule has 0 aliphatic rings. The first-order valence-corrected chi connectivity index (χ1v) is 7.07. The Morgan fingerprint density at radius 3 is 2.74 bits per heavy atom. The van der Waals surface area contributed by atoms with E-state index in [1.165, 1.54) is 11.3 Å². The van der Waals surface area contributed by atoms with Crippen LogP contribution in [0.3, 0.4) is 0 Å². The Bertz CT molecular complexity index is 374. The summed E-state index contributed by atoms with van der Waals surface area (Å²) >= 11 is 7.30. The van der Waals surface area contributed by atoms with E-state index < -0.39 is 0 Å². The van der Waals surface area contributed by atoms with Crippen molar-refractivity contribution in [2.45, 2.75) is 12.8 Å². The van der Waals surface area contributed by atoms with Gasteiger partial charge in [0.1, 0.15) is 0 Å². The van der Waals surface area contributed by atoms with Gasteiger partial charge in [-0.05, 0) is 19.1 Å². The van der Waals surface area contributed by atoms with E-state index in [2.05, 4.69) is 10.6 Å². The van der Waals surface area contributed by atoms with Gasteiger partial charge in [-0.3, -0.25) is 4.79 Å². The Balaban J connectivity index is 0.00000324. The highest BCUT2D eigenvalue weighted by molar-refractivity contribution is 7.16. The lowest BCUT2D eigenvalue weighted by Gasteiger charge is -2.11. The minimum atomic E-state index is -0.151. The molecule has 0 aliphatic carbocycles. The Kier molecular flexibility index (Phi) is 10.3. The average molecular weight is 327 g/mol. The molecule has 1 aromatic rings. The molecule has 2 N–H and O–H groups in total. The molecule has 110 valence electrons. The molecule has 0 aromatic carbocycles. The molecule has 1 aromatic heterocycles. The molecule has 1 unspecified atom stereocenters. The highest BCUT2D eigenvalue weighted by Crippen LogP contribution is 2.27. The number of halogens is 2. The van der Waals surface area contributed by atoms with Crippen LogP contribution >= 0.6 is 35.3 Å². The molecule has 4 nitrogen and oxygen atoms in total.